The maximum absolute atomic E-state index is 13.0. The van der Waals surface area contributed by atoms with E-state index in [0.717, 1.165) is 40.9 Å². The van der Waals surface area contributed by atoms with E-state index in [1.54, 1.807) is 0 Å². The van der Waals surface area contributed by atoms with Crippen molar-refractivity contribution in [2.75, 3.05) is 25.0 Å². The average molecular weight is 499 g/mol. The van der Waals surface area contributed by atoms with E-state index in [2.05, 4.69) is 71.1 Å². The molecule has 1 saturated heterocycles. The van der Waals surface area contributed by atoms with Crippen molar-refractivity contribution in [2.45, 2.75) is 73.3 Å². The number of hydrogen-bond acceptors (Lipinski definition) is 1. The molecule has 1 radical (unpaired) electrons. The van der Waals surface area contributed by atoms with Gasteiger partial charge in [-0.2, -0.15) is 0 Å². The third kappa shape index (κ3) is 8.11. The minimum Gasteiger partial charge on any atom is -0.320 e. The van der Waals surface area contributed by atoms with E-state index in [1.165, 1.54) is 36.8 Å². The van der Waals surface area contributed by atoms with Crippen molar-refractivity contribution in [3.05, 3.63) is 64.7 Å². The van der Waals surface area contributed by atoms with E-state index < -0.39 is 0 Å². The van der Waals surface area contributed by atoms with Gasteiger partial charge in [0, 0.05) is 38.4 Å². The quantitative estimate of drug-likeness (QED) is 0.490. The Kier molecular flexibility index (Phi) is 12.2. The molecule has 0 saturated carbocycles. The van der Waals surface area contributed by atoms with Crippen LogP contribution in [0.5, 0.6) is 0 Å². The second-order valence-electron chi connectivity index (χ2n) is 8.99. The second-order valence-corrected chi connectivity index (χ2v) is 8.99. The summed E-state index contributed by atoms with van der Waals surface area (Å²) in [6, 6.07) is 14.6. The normalized spacial score (nSPS) is 16.1. The molecule has 0 bridgehead atoms. The SMILES string of the molecule is CC[N+]1(C(C)C(=O)Nc2c(C)cc(C)cc2C)CCCCCC1.Cc1ccccc1.[Y]. The molecule has 1 heterocycles. The van der Waals surface area contributed by atoms with Gasteiger partial charge in [0.2, 0.25) is 0 Å². The van der Waals surface area contributed by atoms with Gasteiger partial charge in [-0.1, -0.05) is 53.6 Å². The molecule has 1 aliphatic heterocycles. The molecule has 0 aromatic heterocycles. The van der Waals surface area contributed by atoms with Crippen LogP contribution in [-0.4, -0.2) is 36.1 Å². The fourth-order valence-electron chi connectivity index (χ4n) is 4.68. The average Bonchev–Trinajstić information content (AvgIpc) is 2.97. The van der Waals surface area contributed by atoms with Gasteiger partial charge in [0.05, 0.1) is 19.6 Å². The van der Waals surface area contributed by atoms with Crippen LogP contribution < -0.4 is 5.32 Å². The molecule has 0 spiro atoms. The van der Waals surface area contributed by atoms with Gasteiger partial charge >= 0.3 is 0 Å². The first-order valence-electron chi connectivity index (χ1n) is 11.5. The molecule has 3 nitrogen and oxygen atoms in total. The Morgan fingerprint density at radius 1 is 0.903 bits per heavy atom. The number of aryl methyl sites for hydroxylation is 4. The van der Waals surface area contributed by atoms with E-state index in [1.807, 2.05) is 18.2 Å². The Balaban J connectivity index is 0.000000510. The number of carbonyl (C=O) groups is 1. The molecule has 1 amide bonds. The van der Waals surface area contributed by atoms with Crippen LogP contribution in [0.15, 0.2) is 42.5 Å². The summed E-state index contributed by atoms with van der Waals surface area (Å²) in [4.78, 5) is 13.0. The topological polar surface area (TPSA) is 29.1 Å². The molecule has 3 rings (SSSR count). The Hall–Kier alpha value is -1.03. The molecule has 1 N–H and O–H groups in total. The van der Waals surface area contributed by atoms with Crippen molar-refractivity contribution in [1.29, 1.82) is 0 Å². The number of likely N-dealkylation sites (tertiary alicyclic amines) is 1. The molecule has 167 valence electrons. The van der Waals surface area contributed by atoms with Gasteiger partial charge in [0.25, 0.3) is 5.91 Å². The van der Waals surface area contributed by atoms with Crippen LogP contribution in [0.2, 0.25) is 0 Å². The number of carbonyl (C=O) groups excluding carboxylic acids is 1. The summed E-state index contributed by atoms with van der Waals surface area (Å²) in [5, 5.41) is 3.23. The third-order valence-corrected chi connectivity index (χ3v) is 6.65. The Morgan fingerprint density at radius 3 is 1.84 bits per heavy atom. The monoisotopic (exact) mass is 498 g/mol. The van der Waals surface area contributed by atoms with Crippen molar-refractivity contribution >= 4 is 11.6 Å². The molecule has 1 atom stereocenters. The van der Waals surface area contributed by atoms with E-state index in [0.29, 0.717) is 0 Å². The van der Waals surface area contributed by atoms with E-state index >= 15 is 0 Å². The fraction of sp³-hybridized carbons (Fsp3) is 0.519. The Morgan fingerprint density at radius 2 is 1.42 bits per heavy atom. The number of anilines is 1. The van der Waals surface area contributed by atoms with Crippen molar-refractivity contribution in [3.63, 3.8) is 0 Å². The number of rotatable bonds is 4. The van der Waals surface area contributed by atoms with Gasteiger partial charge in [-0.3, -0.25) is 4.79 Å². The number of nitrogens with one attached hydrogen (secondary N) is 1. The smallest absolute Gasteiger partial charge is 0.282 e. The van der Waals surface area contributed by atoms with Gasteiger partial charge in [0.15, 0.2) is 6.04 Å². The summed E-state index contributed by atoms with van der Waals surface area (Å²) in [6.45, 7) is 16.0. The maximum Gasteiger partial charge on any atom is 0.282 e. The first-order chi connectivity index (χ1) is 14.3. The number of benzene rings is 2. The molecular formula is C27H41N2OY+. The minimum absolute atomic E-state index is 0. The van der Waals surface area contributed by atoms with E-state index in [9.17, 15) is 4.79 Å². The van der Waals surface area contributed by atoms with E-state index in [4.69, 9.17) is 0 Å². The fourth-order valence-corrected chi connectivity index (χ4v) is 4.68. The zero-order valence-electron chi connectivity index (χ0n) is 20.5. The van der Waals surface area contributed by atoms with Crippen LogP contribution >= 0.6 is 0 Å². The number of likely N-dealkylation sites (N-methyl/N-ethyl adjacent to an activating group) is 1. The predicted molar refractivity (Wildman–Crippen MR) is 129 cm³/mol. The molecule has 31 heavy (non-hydrogen) atoms. The number of hydrogen-bond donors (Lipinski definition) is 1. The zero-order chi connectivity index (χ0) is 22.1. The standard InChI is InChI=1S/C20H32N2O.C7H8.Y/c1-6-22(11-9-7-8-10-12-22)18(5)20(23)21-19-16(3)13-15(2)14-17(19)4;1-7-5-3-2-4-6-7;/h13-14,18H,6-12H2,1-5H3;2-6H,1H3;/p+1. The van der Waals surface area contributed by atoms with Crippen LogP contribution in [0.1, 0.15) is 61.8 Å². The van der Waals surface area contributed by atoms with Crippen molar-refractivity contribution in [3.8, 4) is 0 Å². The third-order valence-electron chi connectivity index (χ3n) is 6.65. The Bertz CT molecular complexity index is 788. The van der Waals surface area contributed by atoms with Gasteiger partial charge < -0.3 is 9.80 Å². The molecule has 1 aliphatic rings. The van der Waals surface area contributed by atoms with Crippen LogP contribution in [-0.2, 0) is 37.5 Å². The predicted octanol–water partition coefficient (Wildman–Crippen LogP) is 6.34. The summed E-state index contributed by atoms with van der Waals surface area (Å²) in [5.74, 6) is 0.170. The molecule has 4 heteroatoms. The van der Waals surface area contributed by atoms with Gasteiger partial charge in [0.1, 0.15) is 0 Å². The molecule has 0 aliphatic carbocycles. The Labute approximate surface area is 215 Å². The minimum atomic E-state index is 0. The summed E-state index contributed by atoms with van der Waals surface area (Å²) in [7, 11) is 0. The molecule has 2 aromatic rings. The summed E-state index contributed by atoms with van der Waals surface area (Å²) in [6.07, 6.45) is 5.11. The van der Waals surface area contributed by atoms with Crippen LogP contribution in [0.4, 0.5) is 5.69 Å². The van der Waals surface area contributed by atoms with E-state index in [-0.39, 0.29) is 44.7 Å². The van der Waals surface area contributed by atoms with Gasteiger partial charge in [-0.25, -0.2) is 0 Å². The summed E-state index contributed by atoms with van der Waals surface area (Å²) in [5.41, 5.74) is 5.87. The molecule has 1 fully saturated rings. The largest absolute Gasteiger partial charge is 0.320 e. The van der Waals surface area contributed by atoms with Crippen LogP contribution in [0.3, 0.4) is 0 Å². The van der Waals surface area contributed by atoms with Crippen molar-refractivity contribution in [2.24, 2.45) is 0 Å². The summed E-state index contributed by atoms with van der Waals surface area (Å²) < 4.78 is 0.940. The second kappa shape index (κ2) is 13.5. The first kappa shape index (κ1) is 28.0. The molecular weight excluding hydrogens is 457 g/mol. The number of amides is 1. The molecule has 2 aromatic carbocycles. The zero-order valence-corrected chi connectivity index (χ0v) is 23.3. The van der Waals surface area contributed by atoms with Crippen LogP contribution in [0, 0.1) is 27.7 Å². The maximum atomic E-state index is 13.0. The number of quaternary nitrogens is 1. The number of nitrogens with zero attached hydrogens (tertiary/aromatic N) is 1. The van der Waals surface area contributed by atoms with Crippen LogP contribution in [0.25, 0.3) is 0 Å². The van der Waals surface area contributed by atoms with Gasteiger partial charge in [-0.15, -0.1) is 0 Å². The van der Waals surface area contributed by atoms with Crippen molar-refractivity contribution < 1.29 is 42.0 Å². The first-order valence-corrected chi connectivity index (χ1v) is 11.5. The van der Waals surface area contributed by atoms with Gasteiger partial charge in [-0.05, 0) is 78.4 Å². The van der Waals surface area contributed by atoms with Crippen molar-refractivity contribution in [1.82, 2.24) is 0 Å². The summed E-state index contributed by atoms with van der Waals surface area (Å²) >= 11 is 0. The molecule has 1 unspecified atom stereocenters.